The number of fused-ring (bicyclic) bond motifs is 1. The van der Waals surface area contributed by atoms with Crippen molar-refractivity contribution in [2.75, 3.05) is 11.9 Å². The molecule has 0 bridgehead atoms. The van der Waals surface area contributed by atoms with Crippen molar-refractivity contribution < 1.29 is 0 Å². The molecule has 19 heavy (non-hydrogen) atoms. The second kappa shape index (κ2) is 5.47. The molecule has 108 valence electrons. The van der Waals surface area contributed by atoms with Gasteiger partial charge in [-0.05, 0) is 46.5 Å². The summed E-state index contributed by atoms with van der Waals surface area (Å²) in [5.74, 6) is 1.89. The van der Waals surface area contributed by atoms with Crippen molar-refractivity contribution in [2.24, 2.45) is 11.3 Å². The van der Waals surface area contributed by atoms with Gasteiger partial charge in [0.1, 0.15) is 5.82 Å². The monoisotopic (exact) mass is 327 g/mol. The smallest absolute Gasteiger partial charge is 0.139 e. The standard InChI is InChI=1S/C15H26BrN3/c1-10(2)6-7-11-13(16)14-17-9-8-12(15(3,4)5)19(14)18-11/h10,12,17H,6-9H2,1-5H3. The number of halogens is 1. The van der Waals surface area contributed by atoms with Gasteiger partial charge in [-0.2, -0.15) is 5.10 Å². The number of rotatable bonds is 3. The van der Waals surface area contributed by atoms with Crippen LogP contribution in [0.1, 0.15) is 59.2 Å². The van der Waals surface area contributed by atoms with Gasteiger partial charge in [0, 0.05) is 6.54 Å². The second-order valence-corrected chi connectivity index (χ2v) is 7.88. The largest absolute Gasteiger partial charge is 0.369 e. The van der Waals surface area contributed by atoms with Gasteiger partial charge in [0.05, 0.1) is 16.2 Å². The Labute approximate surface area is 125 Å². The molecule has 0 radical (unpaired) electrons. The lowest BCUT2D eigenvalue weighted by molar-refractivity contribution is 0.209. The third-order valence-corrected chi connectivity index (χ3v) is 4.72. The van der Waals surface area contributed by atoms with Gasteiger partial charge in [-0.3, -0.25) is 0 Å². The molecule has 4 heteroatoms. The van der Waals surface area contributed by atoms with E-state index in [0.717, 1.165) is 25.3 Å². The van der Waals surface area contributed by atoms with Gasteiger partial charge in [0.15, 0.2) is 0 Å². The Morgan fingerprint density at radius 3 is 2.68 bits per heavy atom. The van der Waals surface area contributed by atoms with E-state index in [-0.39, 0.29) is 5.41 Å². The number of hydrogen-bond donors (Lipinski definition) is 1. The summed E-state index contributed by atoms with van der Waals surface area (Å²) in [5, 5.41) is 8.37. The van der Waals surface area contributed by atoms with Crippen molar-refractivity contribution in [3.8, 4) is 0 Å². The van der Waals surface area contributed by atoms with E-state index >= 15 is 0 Å². The maximum Gasteiger partial charge on any atom is 0.139 e. The molecule has 0 aromatic carbocycles. The van der Waals surface area contributed by atoms with Crippen LogP contribution in [-0.4, -0.2) is 16.3 Å². The highest BCUT2D eigenvalue weighted by molar-refractivity contribution is 9.10. The van der Waals surface area contributed by atoms with E-state index in [2.05, 4.69) is 60.5 Å². The van der Waals surface area contributed by atoms with Crippen molar-refractivity contribution in [2.45, 2.75) is 59.9 Å². The summed E-state index contributed by atoms with van der Waals surface area (Å²) in [6.07, 6.45) is 3.39. The molecule has 2 rings (SSSR count). The minimum atomic E-state index is 0.248. The Kier molecular flexibility index (Phi) is 4.29. The predicted octanol–water partition coefficient (Wildman–Crippen LogP) is 4.64. The first-order chi connectivity index (χ1) is 8.80. The van der Waals surface area contributed by atoms with E-state index in [1.807, 2.05) is 0 Å². The van der Waals surface area contributed by atoms with Crippen LogP contribution in [0.5, 0.6) is 0 Å². The lowest BCUT2D eigenvalue weighted by Gasteiger charge is -2.35. The third kappa shape index (κ3) is 3.15. The van der Waals surface area contributed by atoms with Gasteiger partial charge in [0.2, 0.25) is 0 Å². The number of hydrogen-bond acceptors (Lipinski definition) is 2. The van der Waals surface area contributed by atoms with Gasteiger partial charge < -0.3 is 5.32 Å². The van der Waals surface area contributed by atoms with Gasteiger partial charge in [-0.1, -0.05) is 34.6 Å². The lowest BCUT2D eigenvalue weighted by Crippen LogP contribution is -2.32. The van der Waals surface area contributed by atoms with Crippen molar-refractivity contribution in [1.82, 2.24) is 9.78 Å². The molecule has 0 saturated heterocycles. The first kappa shape index (κ1) is 14.9. The van der Waals surface area contributed by atoms with Crippen molar-refractivity contribution in [1.29, 1.82) is 0 Å². The average Bonchev–Trinajstić information content (AvgIpc) is 2.62. The summed E-state index contributed by atoms with van der Waals surface area (Å²) in [5.41, 5.74) is 1.45. The quantitative estimate of drug-likeness (QED) is 0.876. The fourth-order valence-corrected chi connectivity index (χ4v) is 3.28. The molecule has 0 aliphatic carbocycles. The minimum absolute atomic E-state index is 0.248. The van der Waals surface area contributed by atoms with Gasteiger partial charge >= 0.3 is 0 Å². The molecule has 1 aliphatic rings. The molecular formula is C15H26BrN3. The highest BCUT2D eigenvalue weighted by Crippen LogP contribution is 2.41. The zero-order valence-electron chi connectivity index (χ0n) is 12.8. The summed E-state index contributed by atoms with van der Waals surface area (Å²) in [4.78, 5) is 0. The van der Waals surface area contributed by atoms with E-state index in [9.17, 15) is 0 Å². The van der Waals surface area contributed by atoms with E-state index in [0.29, 0.717) is 6.04 Å². The molecule has 2 heterocycles. The fourth-order valence-electron chi connectivity index (χ4n) is 2.68. The zero-order chi connectivity index (χ0) is 14.2. The highest BCUT2D eigenvalue weighted by Gasteiger charge is 2.33. The van der Waals surface area contributed by atoms with Crippen molar-refractivity contribution >= 4 is 21.7 Å². The molecule has 1 aromatic heterocycles. The Morgan fingerprint density at radius 1 is 1.42 bits per heavy atom. The first-order valence-electron chi connectivity index (χ1n) is 7.31. The molecule has 1 atom stereocenters. The molecule has 0 amide bonds. The van der Waals surface area contributed by atoms with Crippen LogP contribution in [-0.2, 0) is 6.42 Å². The van der Waals surface area contributed by atoms with E-state index in [1.54, 1.807) is 0 Å². The molecule has 0 spiro atoms. The molecular weight excluding hydrogens is 302 g/mol. The Bertz CT molecular complexity index is 443. The van der Waals surface area contributed by atoms with Crippen LogP contribution in [0.4, 0.5) is 5.82 Å². The van der Waals surface area contributed by atoms with Gasteiger partial charge in [0.25, 0.3) is 0 Å². The van der Waals surface area contributed by atoms with Crippen LogP contribution < -0.4 is 5.32 Å². The average molecular weight is 328 g/mol. The normalized spacial score (nSPS) is 19.4. The third-order valence-electron chi connectivity index (χ3n) is 3.88. The zero-order valence-corrected chi connectivity index (χ0v) is 14.3. The van der Waals surface area contributed by atoms with Crippen molar-refractivity contribution in [3.05, 3.63) is 10.2 Å². The summed E-state index contributed by atoms with van der Waals surface area (Å²) in [6.45, 7) is 12.5. The molecule has 1 N–H and O–H groups in total. The number of nitrogens with one attached hydrogen (secondary N) is 1. The number of aromatic nitrogens is 2. The molecule has 1 unspecified atom stereocenters. The number of nitrogens with zero attached hydrogens (tertiary/aromatic N) is 2. The number of aryl methyl sites for hydroxylation is 1. The summed E-state index contributed by atoms with van der Waals surface area (Å²) in [6, 6.07) is 0.479. The maximum absolute atomic E-state index is 4.88. The fraction of sp³-hybridized carbons (Fsp3) is 0.800. The van der Waals surface area contributed by atoms with Gasteiger partial charge in [-0.15, -0.1) is 0 Å². The van der Waals surface area contributed by atoms with Crippen LogP contribution in [0, 0.1) is 11.3 Å². The Balaban J connectivity index is 2.30. The topological polar surface area (TPSA) is 29.9 Å². The van der Waals surface area contributed by atoms with Crippen LogP contribution >= 0.6 is 15.9 Å². The van der Waals surface area contributed by atoms with E-state index in [1.165, 1.54) is 22.4 Å². The van der Waals surface area contributed by atoms with Crippen molar-refractivity contribution in [3.63, 3.8) is 0 Å². The minimum Gasteiger partial charge on any atom is -0.369 e. The second-order valence-electron chi connectivity index (χ2n) is 7.08. The van der Waals surface area contributed by atoms with E-state index < -0.39 is 0 Å². The van der Waals surface area contributed by atoms with Crippen LogP contribution in [0.25, 0.3) is 0 Å². The SMILES string of the molecule is CC(C)CCc1nn2c(c1Br)NCCC2C(C)(C)C. The Hall–Kier alpha value is -0.510. The maximum atomic E-state index is 4.88. The summed E-state index contributed by atoms with van der Waals surface area (Å²) in [7, 11) is 0. The summed E-state index contributed by atoms with van der Waals surface area (Å²) >= 11 is 3.74. The molecule has 1 aromatic rings. The summed E-state index contributed by atoms with van der Waals surface area (Å²) < 4.78 is 3.38. The van der Waals surface area contributed by atoms with E-state index in [4.69, 9.17) is 5.10 Å². The van der Waals surface area contributed by atoms with Crippen LogP contribution in [0.2, 0.25) is 0 Å². The predicted molar refractivity (Wildman–Crippen MR) is 84.7 cm³/mol. The molecule has 0 fully saturated rings. The number of anilines is 1. The van der Waals surface area contributed by atoms with Crippen LogP contribution in [0.15, 0.2) is 4.47 Å². The molecule has 1 aliphatic heterocycles. The van der Waals surface area contributed by atoms with Gasteiger partial charge in [-0.25, -0.2) is 4.68 Å². The molecule has 0 saturated carbocycles. The van der Waals surface area contributed by atoms with Crippen LogP contribution in [0.3, 0.4) is 0 Å². The molecule has 3 nitrogen and oxygen atoms in total. The lowest BCUT2D eigenvalue weighted by atomic mass is 9.84. The Morgan fingerprint density at radius 2 is 2.11 bits per heavy atom. The first-order valence-corrected chi connectivity index (χ1v) is 8.10. The highest BCUT2D eigenvalue weighted by atomic mass is 79.9.